The average molecular weight is 226 g/mol. The van der Waals surface area contributed by atoms with Crippen LogP contribution in [0.25, 0.3) is 0 Å². The Hall–Kier alpha value is -0.380. The zero-order valence-corrected chi connectivity index (χ0v) is 9.93. The molecule has 1 aromatic heterocycles. The lowest BCUT2D eigenvalue weighted by atomic mass is 9.88. The Kier molecular flexibility index (Phi) is 3.44. The molecule has 1 saturated heterocycles. The van der Waals surface area contributed by atoms with Crippen LogP contribution in [0.3, 0.4) is 0 Å². The largest absolute Gasteiger partial charge is 0.390 e. The van der Waals surface area contributed by atoms with Crippen molar-refractivity contribution >= 4 is 11.3 Å². The summed E-state index contributed by atoms with van der Waals surface area (Å²) in [5.74, 6) is 0. The molecule has 3 heteroatoms. The summed E-state index contributed by atoms with van der Waals surface area (Å²) < 4.78 is 5.73. The summed E-state index contributed by atoms with van der Waals surface area (Å²) in [7, 11) is 0. The van der Waals surface area contributed by atoms with Gasteiger partial charge in [0.2, 0.25) is 0 Å². The maximum absolute atomic E-state index is 10.2. The van der Waals surface area contributed by atoms with E-state index in [0.29, 0.717) is 6.42 Å². The summed E-state index contributed by atoms with van der Waals surface area (Å²) in [6, 6.07) is 4.09. The third-order valence-electron chi connectivity index (χ3n) is 3.18. The van der Waals surface area contributed by atoms with E-state index < -0.39 is 0 Å². The molecule has 1 aliphatic rings. The van der Waals surface area contributed by atoms with E-state index in [1.165, 1.54) is 4.88 Å². The van der Waals surface area contributed by atoms with Gasteiger partial charge in [0.1, 0.15) is 0 Å². The SMILES string of the molecule is CC1(C(O)Cc2cccs2)CCCCO1. The second-order valence-electron chi connectivity index (χ2n) is 4.42. The highest BCUT2D eigenvalue weighted by Crippen LogP contribution is 2.30. The van der Waals surface area contributed by atoms with Gasteiger partial charge in [0.15, 0.2) is 0 Å². The molecule has 0 bridgehead atoms. The van der Waals surface area contributed by atoms with Crippen molar-refractivity contribution < 1.29 is 9.84 Å². The Balaban J connectivity index is 1.97. The minimum Gasteiger partial charge on any atom is -0.390 e. The van der Waals surface area contributed by atoms with Crippen LogP contribution in [0, 0.1) is 0 Å². The van der Waals surface area contributed by atoms with Crippen LogP contribution in [0.2, 0.25) is 0 Å². The molecule has 1 aromatic rings. The van der Waals surface area contributed by atoms with E-state index in [9.17, 15) is 5.11 Å². The van der Waals surface area contributed by atoms with Crippen molar-refractivity contribution in [3.8, 4) is 0 Å². The Bertz CT molecular complexity index is 289. The predicted molar refractivity (Wildman–Crippen MR) is 62.2 cm³/mol. The molecule has 2 unspecified atom stereocenters. The lowest BCUT2D eigenvalue weighted by Gasteiger charge is -2.37. The van der Waals surface area contributed by atoms with Crippen molar-refractivity contribution in [2.75, 3.05) is 6.61 Å². The summed E-state index contributed by atoms with van der Waals surface area (Å²) in [5.41, 5.74) is -0.331. The number of hydrogen-bond donors (Lipinski definition) is 1. The summed E-state index contributed by atoms with van der Waals surface area (Å²) in [5, 5.41) is 12.2. The molecule has 2 atom stereocenters. The van der Waals surface area contributed by atoms with Gasteiger partial charge in [-0.15, -0.1) is 11.3 Å². The molecule has 2 nitrogen and oxygen atoms in total. The van der Waals surface area contributed by atoms with Gasteiger partial charge in [-0.2, -0.15) is 0 Å². The monoisotopic (exact) mass is 226 g/mol. The Morgan fingerprint density at radius 3 is 3.07 bits per heavy atom. The van der Waals surface area contributed by atoms with Crippen molar-refractivity contribution in [3.63, 3.8) is 0 Å². The third kappa shape index (κ3) is 2.60. The maximum Gasteiger partial charge on any atom is 0.0915 e. The van der Waals surface area contributed by atoms with Crippen LogP contribution < -0.4 is 0 Å². The van der Waals surface area contributed by atoms with Gasteiger partial charge in [0, 0.05) is 17.9 Å². The van der Waals surface area contributed by atoms with Crippen LogP contribution in [0.4, 0.5) is 0 Å². The van der Waals surface area contributed by atoms with Crippen LogP contribution in [0.15, 0.2) is 17.5 Å². The molecule has 0 radical (unpaired) electrons. The number of aliphatic hydroxyl groups is 1. The first-order valence-corrected chi connectivity index (χ1v) is 6.43. The molecule has 1 aliphatic heterocycles. The fraction of sp³-hybridized carbons (Fsp3) is 0.667. The van der Waals surface area contributed by atoms with Gasteiger partial charge in [-0.3, -0.25) is 0 Å². The van der Waals surface area contributed by atoms with Gasteiger partial charge in [-0.1, -0.05) is 6.07 Å². The molecular formula is C12H18O2S. The van der Waals surface area contributed by atoms with Crippen molar-refractivity contribution in [1.29, 1.82) is 0 Å². The lowest BCUT2D eigenvalue weighted by molar-refractivity contribution is -0.135. The number of rotatable bonds is 3. The molecule has 15 heavy (non-hydrogen) atoms. The number of thiophene rings is 1. The molecule has 1 N–H and O–H groups in total. The molecule has 0 aliphatic carbocycles. The Morgan fingerprint density at radius 2 is 2.47 bits per heavy atom. The predicted octanol–water partition coefficient (Wildman–Crippen LogP) is 2.61. The quantitative estimate of drug-likeness (QED) is 0.858. The van der Waals surface area contributed by atoms with Crippen molar-refractivity contribution in [1.82, 2.24) is 0 Å². The van der Waals surface area contributed by atoms with Crippen LogP contribution >= 0.6 is 11.3 Å². The van der Waals surface area contributed by atoms with Crippen LogP contribution in [0.5, 0.6) is 0 Å². The molecule has 0 aromatic carbocycles. The van der Waals surface area contributed by atoms with Crippen molar-refractivity contribution in [3.05, 3.63) is 22.4 Å². The van der Waals surface area contributed by atoms with Crippen molar-refractivity contribution in [2.45, 2.75) is 44.3 Å². The Morgan fingerprint density at radius 1 is 1.60 bits per heavy atom. The lowest BCUT2D eigenvalue weighted by Crippen LogP contribution is -2.45. The minimum absolute atomic E-state index is 0.331. The van der Waals surface area contributed by atoms with E-state index in [2.05, 4.69) is 6.07 Å². The summed E-state index contributed by atoms with van der Waals surface area (Å²) in [4.78, 5) is 1.23. The highest BCUT2D eigenvalue weighted by atomic mass is 32.1. The van der Waals surface area contributed by atoms with Gasteiger partial charge in [-0.25, -0.2) is 0 Å². The van der Waals surface area contributed by atoms with Crippen LogP contribution in [-0.2, 0) is 11.2 Å². The van der Waals surface area contributed by atoms with E-state index in [-0.39, 0.29) is 11.7 Å². The smallest absolute Gasteiger partial charge is 0.0915 e. The van der Waals surface area contributed by atoms with Gasteiger partial charge >= 0.3 is 0 Å². The minimum atomic E-state index is -0.378. The molecule has 0 saturated carbocycles. The summed E-state index contributed by atoms with van der Waals surface area (Å²) >= 11 is 1.70. The van der Waals surface area contributed by atoms with Gasteiger partial charge < -0.3 is 9.84 Å². The van der Waals surface area contributed by atoms with E-state index in [1.54, 1.807) is 11.3 Å². The zero-order chi connectivity index (χ0) is 10.7. The van der Waals surface area contributed by atoms with E-state index in [0.717, 1.165) is 25.9 Å². The second kappa shape index (κ2) is 4.64. The van der Waals surface area contributed by atoms with Crippen molar-refractivity contribution in [2.24, 2.45) is 0 Å². The summed E-state index contributed by atoms with van der Waals surface area (Å²) in [6.45, 7) is 2.82. The van der Waals surface area contributed by atoms with E-state index in [1.807, 2.05) is 18.4 Å². The maximum atomic E-state index is 10.2. The molecule has 0 amide bonds. The molecule has 1 fully saturated rings. The Labute approximate surface area is 94.9 Å². The average Bonchev–Trinajstić information content (AvgIpc) is 2.71. The van der Waals surface area contributed by atoms with Crippen LogP contribution in [-0.4, -0.2) is 23.4 Å². The third-order valence-corrected chi connectivity index (χ3v) is 4.08. The van der Waals surface area contributed by atoms with Gasteiger partial charge in [0.05, 0.1) is 11.7 Å². The molecule has 84 valence electrons. The standard InChI is InChI=1S/C12H18O2S/c1-12(6-2-3-7-14-12)11(13)9-10-5-4-8-15-10/h4-5,8,11,13H,2-3,6-7,9H2,1H3. The fourth-order valence-corrected chi connectivity index (χ4v) is 2.80. The number of ether oxygens (including phenoxy) is 1. The highest BCUT2D eigenvalue weighted by Gasteiger charge is 2.35. The molecule has 0 spiro atoms. The molecule has 2 rings (SSSR count). The van der Waals surface area contributed by atoms with E-state index in [4.69, 9.17) is 4.74 Å². The first-order valence-electron chi connectivity index (χ1n) is 5.55. The molecular weight excluding hydrogens is 208 g/mol. The second-order valence-corrected chi connectivity index (χ2v) is 5.45. The fourth-order valence-electron chi connectivity index (χ4n) is 2.05. The summed E-state index contributed by atoms with van der Waals surface area (Å²) in [6.07, 6.45) is 3.60. The first kappa shape index (κ1) is 11.1. The number of aliphatic hydroxyl groups excluding tert-OH is 1. The molecule has 2 heterocycles. The van der Waals surface area contributed by atoms with Crippen LogP contribution in [0.1, 0.15) is 31.1 Å². The first-order chi connectivity index (χ1) is 7.21. The van der Waals surface area contributed by atoms with Gasteiger partial charge in [-0.05, 0) is 37.6 Å². The zero-order valence-electron chi connectivity index (χ0n) is 9.11. The number of hydrogen-bond acceptors (Lipinski definition) is 3. The highest BCUT2D eigenvalue weighted by molar-refractivity contribution is 7.09. The topological polar surface area (TPSA) is 29.5 Å². The van der Waals surface area contributed by atoms with E-state index >= 15 is 0 Å². The van der Waals surface area contributed by atoms with Gasteiger partial charge in [0.25, 0.3) is 0 Å². The normalized spacial score (nSPS) is 28.9.